The van der Waals surface area contributed by atoms with Crippen LogP contribution < -0.4 is 5.73 Å². The van der Waals surface area contributed by atoms with Crippen molar-refractivity contribution in [2.24, 2.45) is 5.73 Å². The van der Waals surface area contributed by atoms with Crippen molar-refractivity contribution in [1.29, 1.82) is 0 Å². The van der Waals surface area contributed by atoms with Gasteiger partial charge >= 0.3 is 0 Å². The third-order valence-electron chi connectivity index (χ3n) is 3.41. The van der Waals surface area contributed by atoms with Gasteiger partial charge in [0.1, 0.15) is 0 Å². The minimum atomic E-state index is 0.133. The Hall–Kier alpha value is -0.380. The highest BCUT2D eigenvalue weighted by atomic mass is 16.5. The van der Waals surface area contributed by atoms with Crippen LogP contribution in [-0.2, 0) is 9.47 Å². The summed E-state index contributed by atoms with van der Waals surface area (Å²) in [6.45, 7) is 11.0. The number of rotatable bonds is 13. The third kappa shape index (κ3) is 11.4. The summed E-state index contributed by atoms with van der Waals surface area (Å²) in [7, 11) is 0. The van der Waals surface area contributed by atoms with Crippen molar-refractivity contribution in [3.05, 3.63) is 11.6 Å². The number of allylic oxidation sites excluding steroid dienone is 1. The summed E-state index contributed by atoms with van der Waals surface area (Å²) in [6, 6.07) is 0.133. The molecular weight excluding hydrogens is 250 g/mol. The zero-order valence-corrected chi connectivity index (χ0v) is 14.0. The van der Waals surface area contributed by atoms with Gasteiger partial charge in [0.15, 0.2) is 0 Å². The molecule has 0 rings (SSSR count). The Morgan fingerprint density at radius 1 is 1.05 bits per heavy atom. The van der Waals surface area contributed by atoms with Crippen LogP contribution in [0.4, 0.5) is 0 Å². The fourth-order valence-electron chi connectivity index (χ4n) is 2.15. The summed E-state index contributed by atoms with van der Waals surface area (Å²) in [6.07, 6.45) is 9.21. The molecule has 0 aromatic rings. The van der Waals surface area contributed by atoms with E-state index in [4.69, 9.17) is 15.2 Å². The molecule has 1 unspecified atom stereocenters. The summed E-state index contributed by atoms with van der Waals surface area (Å²) < 4.78 is 11.3. The average Bonchev–Trinajstić information content (AvgIpc) is 2.42. The highest BCUT2D eigenvalue weighted by Crippen LogP contribution is 2.12. The zero-order chi connectivity index (χ0) is 15.2. The van der Waals surface area contributed by atoms with Gasteiger partial charge in [-0.3, -0.25) is 0 Å². The number of hydrogen-bond acceptors (Lipinski definition) is 3. The maximum atomic E-state index is 5.90. The molecule has 0 aromatic carbocycles. The quantitative estimate of drug-likeness (QED) is 0.410. The van der Waals surface area contributed by atoms with Gasteiger partial charge in [-0.2, -0.15) is 0 Å². The van der Waals surface area contributed by atoms with Crippen LogP contribution in [0.15, 0.2) is 11.6 Å². The van der Waals surface area contributed by atoms with Crippen molar-refractivity contribution in [2.75, 3.05) is 19.8 Å². The molecule has 0 saturated heterocycles. The first-order valence-electron chi connectivity index (χ1n) is 8.21. The molecule has 0 bridgehead atoms. The van der Waals surface area contributed by atoms with Crippen LogP contribution in [0.5, 0.6) is 0 Å². The molecule has 3 heteroatoms. The lowest BCUT2D eigenvalue weighted by molar-refractivity contribution is 0.0620. The number of hydrogen-bond donors (Lipinski definition) is 1. The lowest BCUT2D eigenvalue weighted by Crippen LogP contribution is -2.22. The van der Waals surface area contributed by atoms with E-state index in [0.717, 1.165) is 39.1 Å². The molecule has 0 heterocycles. The molecule has 2 N–H and O–H groups in total. The summed E-state index contributed by atoms with van der Waals surface area (Å²) in [5, 5.41) is 0. The van der Waals surface area contributed by atoms with E-state index < -0.39 is 0 Å². The minimum absolute atomic E-state index is 0.133. The monoisotopic (exact) mass is 285 g/mol. The van der Waals surface area contributed by atoms with Gasteiger partial charge in [-0.25, -0.2) is 0 Å². The van der Waals surface area contributed by atoms with Gasteiger partial charge in [-0.1, -0.05) is 31.4 Å². The maximum Gasteiger partial charge on any atom is 0.0584 e. The van der Waals surface area contributed by atoms with Gasteiger partial charge in [-0.15, -0.1) is 0 Å². The van der Waals surface area contributed by atoms with Crippen molar-refractivity contribution in [3.8, 4) is 0 Å². The molecule has 20 heavy (non-hydrogen) atoms. The van der Waals surface area contributed by atoms with Crippen LogP contribution in [0.2, 0.25) is 0 Å². The molecule has 0 radical (unpaired) electrons. The van der Waals surface area contributed by atoms with Gasteiger partial charge < -0.3 is 15.2 Å². The molecule has 3 nitrogen and oxygen atoms in total. The van der Waals surface area contributed by atoms with E-state index in [0.29, 0.717) is 0 Å². The topological polar surface area (TPSA) is 44.5 Å². The SMILES string of the molecule is C/C=C(\CC(C)OCCCCCCOCCC)[C@@H](C)N. The van der Waals surface area contributed by atoms with E-state index in [1.54, 1.807) is 0 Å². The van der Waals surface area contributed by atoms with E-state index in [2.05, 4.69) is 19.9 Å². The van der Waals surface area contributed by atoms with Crippen LogP contribution >= 0.6 is 0 Å². The van der Waals surface area contributed by atoms with Crippen molar-refractivity contribution in [1.82, 2.24) is 0 Å². The second-order valence-electron chi connectivity index (χ2n) is 5.56. The molecule has 120 valence electrons. The molecule has 0 saturated carbocycles. The molecule has 0 aliphatic heterocycles. The van der Waals surface area contributed by atoms with E-state index in [9.17, 15) is 0 Å². The van der Waals surface area contributed by atoms with Crippen molar-refractivity contribution in [3.63, 3.8) is 0 Å². The molecule has 0 aliphatic carbocycles. The standard InChI is InChI=1S/C17H35NO2/c1-5-11-19-12-9-7-8-10-13-20-15(3)14-17(6-2)16(4)18/h6,15-16H,5,7-14,18H2,1-4H3/b17-6+/t15?,16-/m1/s1. The van der Waals surface area contributed by atoms with Crippen LogP contribution in [0.25, 0.3) is 0 Å². The molecule has 0 amide bonds. The van der Waals surface area contributed by atoms with Gasteiger partial charge in [0.05, 0.1) is 6.10 Å². The number of ether oxygens (including phenoxy) is 2. The molecule has 0 aromatic heterocycles. The van der Waals surface area contributed by atoms with E-state index in [1.807, 2.05) is 13.8 Å². The lowest BCUT2D eigenvalue weighted by Gasteiger charge is -2.17. The highest BCUT2D eigenvalue weighted by Gasteiger charge is 2.08. The van der Waals surface area contributed by atoms with Crippen molar-refractivity contribution < 1.29 is 9.47 Å². The van der Waals surface area contributed by atoms with E-state index >= 15 is 0 Å². The van der Waals surface area contributed by atoms with Crippen LogP contribution in [0.3, 0.4) is 0 Å². The van der Waals surface area contributed by atoms with Crippen LogP contribution in [0, 0.1) is 0 Å². The predicted molar refractivity (Wildman–Crippen MR) is 87.0 cm³/mol. The van der Waals surface area contributed by atoms with Crippen molar-refractivity contribution in [2.45, 2.75) is 78.4 Å². The van der Waals surface area contributed by atoms with Gasteiger partial charge in [-0.05, 0) is 46.5 Å². The Morgan fingerprint density at radius 2 is 1.70 bits per heavy atom. The number of nitrogens with two attached hydrogens (primary N) is 1. The van der Waals surface area contributed by atoms with Gasteiger partial charge in [0.25, 0.3) is 0 Å². The second-order valence-corrected chi connectivity index (χ2v) is 5.56. The summed E-state index contributed by atoms with van der Waals surface area (Å²) in [5.41, 5.74) is 7.19. The molecule has 0 aliphatic rings. The average molecular weight is 285 g/mol. The summed E-state index contributed by atoms with van der Waals surface area (Å²) in [4.78, 5) is 0. The Balaban J connectivity index is 3.42. The Labute approximate surface area is 125 Å². The first-order chi connectivity index (χ1) is 9.61. The minimum Gasteiger partial charge on any atom is -0.381 e. The molecule has 2 atom stereocenters. The van der Waals surface area contributed by atoms with Gasteiger partial charge in [0, 0.05) is 25.9 Å². The normalized spacial score (nSPS) is 15.3. The third-order valence-corrected chi connectivity index (χ3v) is 3.41. The largest absolute Gasteiger partial charge is 0.381 e. The smallest absolute Gasteiger partial charge is 0.0584 e. The van der Waals surface area contributed by atoms with E-state index in [-0.39, 0.29) is 12.1 Å². The Kier molecular flexibility index (Phi) is 13.3. The Bertz CT molecular complexity index is 239. The van der Waals surface area contributed by atoms with Crippen molar-refractivity contribution >= 4 is 0 Å². The number of unbranched alkanes of at least 4 members (excludes halogenated alkanes) is 3. The van der Waals surface area contributed by atoms with Gasteiger partial charge in [0.2, 0.25) is 0 Å². The maximum absolute atomic E-state index is 5.90. The van der Waals surface area contributed by atoms with E-state index in [1.165, 1.54) is 24.8 Å². The summed E-state index contributed by atoms with van der Waals surface area (Å²) in [5.74, 6) is 0. The fraction of sp³-hybridized carbons (Fsp3) is 0.882. The Morgan fingerprint density at radius 3 is 2.25 bits per heavy atom. The van der Waals surface area contributed by atoms with Crippen LogP contribution in [0.1, 0.15) is 66.2 Å². The lowest BCUT2D eigenvalue weighted by atomic mass is 10.0. The summed E-state index contributed by atoms with van der Waals surface area (Å²) >= 11 is 0. The molecular formula is C17H35NO2. The highest BCUT2D eigenvalue weighted by molar-refractivity contribution is 5.08. The fourth-order valence-corrected chi connectivity index (χ4v) is 2.15. The van der Waals surface area contributed by atoms with Crippen LogP contribution in [-0.4, -0.2) is 32.0 Å². The second kappa shape index (κ2) is 13.6. The molecule has 0 spiro atoms. The zero-order valence-electron chi connectivity index (χ0n) is 14.0. The molecule has 0 fully saturated rings. The first kappa shape index (κ1) is 19.6. The first-order valence-corrected chi connectivity index (χ1v) is 8.21. The predicted octanol–water partition coefficient (Wildman–Crippen LogP) is 4.06.